The molecule has 2 nitrogen and oxygen atoms in total. The highest BCUT2D eigenvalue weighted by Crippen LogP contribution is 2.24. The summed E-state index contributed by atoms with van der Waals surface area (Å²) in [5.74, 6) is 0. The molecule has 84 valence electrons. The third-order valence-electron chi connectivity index (χ3n) is 2.30. The zero-order valence-electron chi connectivity index (χ0n) is 9.33. The minimum absolute atomic E-state index is 0.310. The predicted octanol–water partition coefficient (Wildman–Crippen LogP) is 3.98. The van der Waals surface area contributed by atoms with Crippen molar-refractivity contribution in [3.8, 4) is 6.07 Å². The van der Waals surface area contributed by atoms with Gasteiger partial charge in [0.05, 0.1) is 22.3 Å². The summed E-state index contributed by atoms with van der Waals surface area (Å²) in [5.41, 5.74) is 1.43. The number of hydrogen-bond donors (Lipinski definition) is 1. The fourth-order valence-electron chi connectivity index (χ4n) is 1.41. The molecule has 0 bridgehead atoms. The van der Waals surface area contributed by atoms with E-state index in [-0.39, 0.29) is 0 Å². The maximum atomic E-state index is 8.79. The first kappa shape index (κ1) is 12.6. The average Bonchev–Trinajstić information content (AvgIpc) is 2.29. The van der Waals surface area contributed by atoms with Crippen molar-refractivity contribution in [1.82, 2.24) is 0 Å². The Labute approximate surface area is 102 Å². The Bertz CT molecular complexity index is 407. The Hall–Kier alpha value is -1.46. The van der Waals surface area contributed by atoms with E-state index in [2.05, 4.69) is 24.9 Å². The first-order chi connectivity index (χ1) is 7.67. The second-order valence-electron chi connectivity index (χ2n) is 3.72. The van der Waals surface area contributed by atoms with E-state index in [1.807, 2.05) is 6.08 Å². The first-order valence-corrected chi connectivity index (χ1v) is 5.62. The molecule has 0 fully saturated rings. The van der Waals surface area contributed by atoms with E-state index in [1.165, 1.54) is 0 Å². The molecule has 0 spiro atoms. The van der Waals surface area contributed by atoms with Crippen LogP contribution in [0.1, 0.15) is 25.3 Å². The van der Waals surface area contributed by atoms with Gasteiger partial charge in [-0.3, -0.25) is 0 Å². The molecular weight excluding hydrogens is 220 g/mol. The van der Waals surface area contributed by atoms with Crippen LogP contribution in [-0.4, -0.2) is 6.04 Å². The Kier molecular flexibility index (Phi) is 4.88. The molecule has 0 radical (unpaired) electrons. The van der Waals surface area contributed by atoms with Gasteiger partial charge in [-0.05, 0) is 38.0 Å². The van der Waals surface area contributed by atoms with Crippen molar-refractivity contribution < 1.29 is 0 Å². The van der Waals surface area contributed by atoms with Gasteiger partial charge in [-0.25, -0.2) is 0 Å². The number of halogens is 1. The number of hydrogen-bond acceptors (Lipinski definition) is 2. The van der Waals surface area contributed by atoms with Gasteiger partial charge in [0.25, 0.3) is 0 Å². The Balaban J connectivity index is 2.72. The number of allylic oxidation sites excluding steroid dienone is 1. The van der Waals surface area contributed by atoms with Gasteiger partial charge >= 0.3 is 0 Å². The number of benzene rings is 1. The summed E-state index contributed by atoms with van der Waals surface area (Å²) >= 11 is 6.04. The predicted molar refractivity (Wildman–Crippen MR) is 68.7 cm³/mol. The molecular formula is C13H15ClN2. The lowest BCUT2D eigenvalue weighted by Crippen LogP contribution is -2.14. The standard InChI is InChI=1S/C13H15ClN2/c1-3-4-5-10(2)16-13-8-11(9-15)6-7-12(13)14/h3,6-8,10,16H,1,4-5H2,2H3. The van der Waals surface area contributed by atoms with Crippen molar-refractivity contribution >= 4 is 17.3 Å². The van der Waals surface area contributed by atoms with Gasteiger partial charge in [-0.2, -0.15) is 5.26 Å². The zero-order chi connectivity index (χ0) is 12.0. The number of rotatable bonds is 5. The summed E-state index contributed by atoms with van der Waals surface area (Å²) in [6, 6.07) is 7.63. The molecule has 1 unspecified atom stereocenters. The normalized spacial score (nSPS) is 11.6. The number of anilines is 1. The topological polar surface area (TPSA) is 35.8 Å². The van der Waals surface area contributed by atoms with Crippen LogP contribution < -0.4 is 5.32 Å². The highest BCUT2D eigenvalue weighted by atomic mass is 35.5. The molecule has 0 aliphatic carbocycles. The molecule has 0 amide bonds. The molecule has 1 aromatic rings. The zero-order valence-corrected chi connectivity index (χ0v) is 10.1. The molecule has 1 rings (SSSR count). The molecule has 1 aromatic carbocycles. The number of nitrogens with zero attached hydrogens (tertiary/aromatic N) is 1. The highest BCUT2D eigenvalue weighted by Gasteiger charge is 2.05. The fraction of sp³-hybridized carbons (Fsp3) is 0.308. The SMILES string of the molecule is C=CCCC(C)Nc1cc(C#N)ccc1Cl. The number of nitriles is 1. The quantitative estimate of drug-likeness (QED) is 0.783. The van der Waals surface area contributed by atoms with Crippen LogP contribution in [0.2, 0.25) is 5.02 Å². The molecule has 0 saturated carbocycles. The van der Waals surface area contributed by atoms with Crippen molar-refractivity contribution in [1.29, 1.82) is 5.26 Å². The first-order valence-electron chi connectivity index (χ1n) is 5.24. The van der Waals surface area contributed by atoms with Crippen LogP contribution in [0.15, 0.2) is 30.9 Å². The van der Waals surface area contributed by atoms with Gasteiger partial charge < -0.3 is 5.32 Å². The van der Waals surface area contributed by atoms with Crippen molar-refractivity contribution in [2.45, 2.75) is 25.8 Å². The summed E-state index contributed by atoms with van der Waals surface area (Å²) in [4.78, 5) is 0. The van der Waals surface area contributed by atoms with Crippen LogP contribution in [0.3, 0.4) is 0 Å². The van der Waals surface area contributed by atoms with E-state index >= 15 is 0 Å². The monoisotopic (exact) mass is 234 g/mol. The van der Waals surface area contributed by atoms with E-state index in [9.17, 15) is 0 Å². The summed E-state index contributed by atoms with van der Waals surface area (Å²) in [5, 5.41) is 12.7. The maximum absolute atomic E-state index is 8.79. The van der Waals surface area contributed by atoms with Gasteiger partial charge in [0.2, 0.25) is 0 Å². The van der Waals surface area contributed by atoms with Crippen molar-refractivity contribution in [2.75, 3.05) is 5.32 Å². The largest absolute Gasteiger partial charge is 0.381 e. The van der Waals surface area contributed by atoms with Gasteiger partial charge in [-0.15, -0.1) is 6.58 Å². The fourth-order valence-corrected chi connectivity index (χ4v) is 1.58. The Morgan fingerprint density at radius 2 is 2.38 bits per heavy atom. The van der Waals surface area contributed by atoms with E-state index in [0.29, 0.717) is 16.6 Å². The van der Waals surface area contributed by atoms with Crippen LogP contribution >= 0.6 is 11.6 Å². The van der Waals surface area contributed by atoms with Crippen molar-refractivity contribution in [3.05, 3.63) is 41.4 Å². The molecule has 0 aromatic heterocycles. The minimum Gasteiger partial charge on any atom is -0.381 e. The van der Waals surface area contributed by atoms with Gasteiger partial charge in [0, 0.05) is 6.04 Å². The summed E-state index contributed by atoms with van der Waals surface area (Å²) in [6.45, 7) is 5.77. The lowest BCUT2D eigenvalue weighted by molar-refractivity contribution is 0.719. The second-order valence-corrected chi connectivity index (χ2v) is 4.13. The molecule has 0 heterocycles. The van der Waals surface area contributed by atoms with Gasteiger partial charge in [0.1, 0.15) is 0 Å². The van der Waals surface area contributed by atoms with Crippen LogP contribution in [0, 0.1) is 11.3 Å². The smallest absolute Gasteiger partial charge is 0.0992 e. The van der Waals surface area contributed by atoms with Gasteiger partial charge in [-0.1, -0.05) is 17.7 Å². The van der Waals surface area contributed by atoms with E-state index < -0.39 is 0 Å². The third-order valence-corrected chi connectivity index (χ3v) is 2.63. The lowest BCUT2D eigenvalue weighted by atomic mass is 10.1. The number of nitrogens with one attached hydrogen (secondary N) is 1. The average molecular weight is 235 g/mol. The van der Waals surface area contributed by atoms with E-state index in [4.69, 9.17) is 16.9 Å². The highest BCUT2D eigenvalue weighted by molar-refractivity contribution is 6.33. The van der Waals surface area contributed by atoms with E-state index in [0.717, 1.165) is 18.5 Å². The molecule has 16 heavy (non-hydrogen) atoms. The van der Waals surface area contributed by atoms with E-state index in [1.54, 1.807) is 18.2 Å². The van der Waals surface area contributed by atoms with Crippen LogP contribution in [0.4, 0.5) is 5.69 Å². The van der Waals surface area contributed by atoms with Crippen LogP contribution in [-0.2, 0) is 0 Å². The molecule has 1 atom stereocenters. The summed E-state index contributed by atoms with van der Waals surface area (Å²) in [6.07, 6.45) is 3.85. The summed E-state index contributed by atoms with van der Waals surface area (Å²) < 4.78 is 0. The summed E-state index contributed by atoms with van der Waals surface area (Å²) in [7, 11) is 0. The Morgan fingerprint density at radius 1 is 1.62 bits per heavy atom. The molecule has 0 aliphatic rings. The van der Waals surface area contributed by atoms with Crippen LogP contribution in [0.5, 0.6) is 0 Å². The lowest BCUT2D eigenvalue weighted by Gasteiger charge is -2.15. The molecule has 1 N–H and O–H groups in total. The maximum Gasteiger partial charge on any atom is 0.0992 e. The van der Waals surface area contributed by atoms with Crippen LogP contribution in [0.25, 0.3) is 0 Å². The molecule has 0 saturated heterocycles. The second kappa shape index (κ2) is 6.19. The Morgan fingerprint density at radius 3 is 3.00 bits per heavy atom. The minimum atomic E-state index is 0.310. The van der Waals surface area contributed by atoms with Gasteiger partial charge in [0.15, 0.2) is 0 Å². The molecule has 0 aliphatic heterocycles. The molecule has 3 heteroatoms. The van der Waals surface area contributed by atoms with Crippen molar-refractivity contribution in [2.24, 2.45) is 0 Å². The third kappa shape index (κ3) is 3.60. The van der Waals surface area contributed by atoms with Crippen molar-refractivity contribution in [3.63, 3.8) is 0 Å².